The van der Waals surface area contributed by atoms with Crippen LogP contribution in [-0.2, 0) is 6.54 Å². The quantitative estimate of drug-likeness (QED) is 0.397. The number of carbonyl (C=O) groups is 1. The molecule has 3 aromatic carbocycles. The van der Waals surface area contributed by atoms with Crippen molar-refractivity contribution in [2.24, 2.45) is 0 Å². The Morgan fingerprint density at radius 1 is 0.833 bits per heavy atom. The average Bonchev–Trinajstić information content (AvgIpc) is 3.14. The lowest BCUT2D eigenvalue weighted by molar-refractivity contribution is 0.0772. The van der Waals surface area contributed by atoms with Crippen molar-refractivity contribution in [3.8, 4) is 11.5 Å². The number of ether oxygens (including phenoxy) is 1. The fourth-order valence-corrected chi connectivity index (χ4v) is 6.51. The normalized spacial score (nSPS) is 22.5. The average molecular weight is 482 g/mol. The highest BCUT2D eigenvalue weighted by Crippen LogP contribution is 2.51. The van der Waals surface area contributed by atoms with E-state index in [0.717, 1.165) is 42.3 Å². The molecule has 5 nitrogen and oxygen atoms in total. The van der Waals surface area contributed by atoms with Gasteiger partial charge in [0.25, 0.3) is 5.91 Å². The lowest BCUT2D eigenvalue weighted by atomic mass is 9.93. The molecule has 3 aliphatic heterocycles. The minimum absolute atomic E-state index is 0.0593. The summed E-state index contributed by atoms with van der Waals surface area (Å²) in [6, 6.07) is 26.8. The molecule has 3 aliphatic rings. The second kappa shape index (κ2) is 9.62. The molecule has 0 aliphatic carbocycles. The van der Waals surface area contributed by atoms with Crippen LogP contribution in [0.5, 0.6) is 11.5 Å². The first kappa shape index (κ1) is 23.1. The number of rotatable bonds is 6. The topological polar surface area (TPSA) is 36.0 Å². The Morgan fingerprint density at radius 3 is 2.22 bits per heavy atom. The zero-order valence-corrected chi connectivity index (χ0v) is 21.3. The fourth-order valence-electron chi connectivity index (χ4n) is 6.51. The van der Waals surface area contributed by atoms with Crippen molar-refractivity contribution in [3.63, 3.8) is 0 Å². The second-order valence-electron chi connectivity index (χ2n) is 10.3. The third-order valence-corrected chi connectivity index (χ3v) is 8.29. The molecular formula is C31H35N3O2. The summed E-state index contributed by atoms with van der Waals surface area (Å²) in [6.45, 7) is 6.48. The standard InChI is InChI=1S/C31H35N3O2/c1-3-32(4-2)31(35)23-14-17-28-30(18-23)36-29-13-9-8-12-27(29)34(28)26-19-24-15-16-25(20-26)33(24)21-22-10-6-5-7-11-22/h5-14,17-18,24-26H,3-4,15-16,19-21H2,1-2H3. The summed E-state index contributed by atoms with van der Waals surface area (Å²) in [4.78, 5) is 20.2. The van der Waals surface area contributed by atoms with E-state index in [0.29, 0.717) is 36.8 Å². The molecule has 3 heterocycles. The molecule has 1 amide bonds. The number of fused-ring (bicyclic) bond motifs is 4. The smallest absolute Gasteiger partial charge is 0.253 e. The van der Waals surface area contributed by atoms with Crippen molar-refractivity contribution in [2.45, 2.75) is 64.2 Å². The maximum Gasteiger partial charge on any atom is 0.253 e. The van der Waals surface area contributed by atoms with Crippen molar-refractivity contribution in [3.05, 3.63) is 83.9 Å². The van der Waals surface area contributed by atoms with Crippen LogP contribution in [-0.4, -0.2) is 46.9 Å². The van der Waals surface area contributed by atoms with Crippen LogP contribution < -0.4 is 9.64 Å². The van der Waals surface area contributed by atoms with Gasteiger partial charge in [-0.25, -0.2) is 0 Å². The molecule has 36 heavy (non-hydrogen) atoms. The molecule has 0 aromatic heterocycles. The van der Waals surface area contributed by atoms with E-state index < -0.39 is 0 Å². The zero-order chi connectivity index (χ0) is 24.6. The van der Waals surface area contributed by atoms with Gasteiger partial charge in [0.15, 0.2) is 11.5 Å². The van der Waals surface area contributed by atoms with Crippen LogP contribution >= 0.6 is 0 Å². The van der Waals surface area contributed by atoms with E-state index >= 15 is 0 Å². The van der Waals surface area contributed by atoms with E-state index in [-0.39, 0.29) is 5.91 Å². The van der Waals surface area contributed by atoms with Gasteiger partial charge in [-0.15, -0.1) is 0 Å². The monoisotopic (exact) mass is 481 g/mol. The first-order valence-electron chi connectivity index (χ1n) is 13.4. The van der Waals surface area contributed by atoms with Gasteiger partial charge in [0, 0.05) is 43.3 Å². The number of anilines is 2. The van der Waals surface area contributed by atoms with Crippen molar-refractivity contribution in [1.82, 2.24) is 9.80 Å². The van der Waals surface area contributed by atoms with Crippen LogP contribution in [0.4, 0.5) is 11.4 Å². The van der Waals surface area contributed by atoms with Crippen molar-refractivity contribution in [1.29, 1.82) is 0 Å². The molecule has 2 unspecified atom stereocenters. The third kappa shape index (κ3) is 4.05. The first-order chi connectivity index (χ1) is 17.7. The summed E-state index contributed by atoms with van der Waals surface area (Å²) in [5, 5.41) is 0. The van der Waals surface area contributed by atoms with Crippen molar-refractivity contribution in [2.75, 3.05) is 18.0 Å². The molecule has 3 aromatic rings. The summed E-state index contributed by atoms with van der Waals surface area (Å²) in [6.07, 6.45) is 4.81. The summed E-state index contributed by atoms with van der Waals surface area (Å²) >= 11 is 0. The number of hydrogen-bond donors (Lipinski definition) is 0. The van der Waals surface area contributed by atoms with Gasteiger partial charge >= 0.3 is 0 Å². The van der Waals surface area contributed by atoms with Crippen LogP contribution in [0.1, 0.15) is 55.5 Å². The van der Waals surface area contributed by atoms with Crippen LogP contribution in [0.3, 0.4) is 0 Å². The number of piperidine rings is 1. The Hall–Kier alpha value is -3.31. The Labute approximate surface area is 214 Å². The molecule has 0 radical (unpaired) electrons. The van der Waals surface area contributed by atoms with Gasteiger partial charge < -0.3 is 14.5 Å². The molecule has 2 saturated heterocycles. The van der Waals surface area contributed by atoms with Crippen LogP contribution in [0.2, 0.25) is 0 Å². The van der Waals surface area contributed by atoms with Gasteiger partial charge in [0.05, 0.1) is 11.4 Å². The molecule has 0 spiro atoms. The van der Waals surface area contributed by atoms with Gasteiger partial charge in [-0.1, -0.05) is 42.5 Å². The molecule has 0 saturated carbocycles. The zero-order valence-electron chi connectivity index (χ0n) is 21.3. The fraction of sp³-hybridized carbons (Fsp3) is 0.387. The number of para-hydroxylation sites is 2. The van der Waals surface area contributed by atoms with Gasteiger partial charge in [-0.2, -0.15) is 0 Å². The molecule has 5 heteroatoms. The van der Waals surface area contributed by atoms with E-state index in [2.05, 4.69) is 58.3 Å². The highest BCUT2D eigenvalue weighted by Gasteiger charge is 2.44. The molecular weight excluding hydrogens is 446 g/mol. The van der Waals surface area contributed by atoms with Crippen LogP contribution in [0.15, 0.2) is 72.8 Å². The number of nitrogens with zero attached hydrogens (tertiary/aromatic N) is 3. The Bertz CT molecular complexity index is 1230. The SMILES string of the molecule is CCN(CC)C(=O)c1ccc2c(c1)Oc1ccccc1N2C1CC2CCC(C1)N2Cc1ccccc1. The van der Waals surface area contributed by atoms with Crippen LogP contribution in [0.25, 0.3) is 0 Å². The van der Waals surface area contributed by atoms with Crippen LogP contribution in [0, 0.1) is 0 Å². The predicted molar refractivity (Wildman–Crippen MR) is 144 cm³/mol. The summed E-state index contributed by atoms with van der Waals surface area (Å²) in [5.74, 6) is 1.71. The minimum atomic E-state index is 0.0593. The van der Waals surface area contributed by atoms with Gasteiger partial charge in [-0.05, 0) is 75.4 Å². The van der Waals surface area contributed by atoms with Gasteiger partial charge in [-0.3, -0.25) is 9.69 Å². The Morgan fingerprint density at radius 2 is 1.50 bits per heavy atom. The lowest BCUT2D eigenvalue weighted by Crippen LogP contribution is -2.49. The van der Waals surface area contributed by atoms with E-state index in [1.54, 1.807) is 0 Å². The van der Waals surface area contributed by atoms with Crippen molar-refractivity contribution < 1.29 is 9.53 Å². The molecule has 2 bridgehead atoms. The van der Waals surface area contributed by atoms with E-state index in [9.17, 15) is 4.79 Å². The Kier molecular flexibility index (Phi) is 6.18. The number of benzene rings is 3. The van der Waals surface area contributed by atoms with E-state index in [4.69, 9.17) is 4.74 Å². The Balaban J connectivity index is 1.31. The summed E-state index contributed by atoms with van der Waals surface area (Å²) in [5.41, 5.74) is 4.30. The highest BCUT2D eigenvalue weighted by atomic mass is 16.5. The molecule has 186 valence electrons. The number of carbonyl (C=O) groups excluding carboxylic acids is 1. The molecule has 2 fully saturated rings. The van der Waals surface area contributed by atoms with E-state index in [1.165, 1.54) is 18.4 Å². The lowest BCUT2D eigenvalue weighted by Gasteiger charge is -2.46. The maximum atomic E-state index is 13.1. The van der Waals surface area contributed by atoms with E-state index in [1.807, 2.05) is 43.0 Å². The predicted octanol–water partition coefficient (Wildman–Crippen LogP) is 6.61. The second-order valence-corrected chi connectivity index (χ2v) is 10.3. The largest absolute Gasteiger partial charge is 0.453 e. The summed E-state index contributed by atoms with van der Waals surface area (Å²) in [7, 11) is 0. The maximum absolute atomic E-state index is 13.1. The number of amides is 1. The van der Waals surface area contributed by atoms with Crippen molar-refractivity contribution >= 4 is 17.3 Å². The molecule has 6 rings (SSSR count). The third-order valence-electron chi connectivity index (χ3n) is 8.29. The number of hydrogen-bond acceptors (Lipinski definition) is 4. The van der Waals surface area contributed by atoms with Gasteiger partial charge in [0.2, 0.25) is 0 Å². The summed E-state index contributed by atoms with van der Waals surface area (Å²) < 4.78 is 6.38. The van der Waals surface area contributed by atoms with Gasteiger partial charge in [0.1, 0.15) is 0 Å². The molecule has 0 N–H and O–H groups in total. The highest BCUT2D eigenvalue weighted by molar-refractivity contribution is 5.96. The molecule has 2 atom stereocenters. The minimum Gasteiger partial charge on any atom is -0.453 e. The first-order valence-corrected chi connectivity index (χ1v) is 13.4.